The minimum atomic E-state index is -0.255. The van der Waals surface area contributed by atoms with Gasteiger partial charge < -0.3 is 10.3 Å². The molecule has 0 saturated carbocycles. The fourth-order valence-corrected chi connectivity index (χ4v) is 4.95. The van der Waals surface area contributed by atoms with Gasteiger partial charge >= 0.3 is 0 Å². The monoisotopic (exact) mass is 493 g/mol. The first kappa shape index (κ1) is 22.2. The van der Waals surface area contributed by atoms with Crippen LogP contribution in [-0.4, -0.2) is 41.2 Å². The van der Waals surface area contributed by atoms with Crippen LogP contribution in [0.15, 0.2) is 78.0 Å². The number of aromatic nitrogens is 6. The number of carbonyl (C=O) groups excluding carboxylic acids is 1. The average Bonchev–Trinajstić information content (AvgIpc) is 3.52. The second kappa shape index (κ2) is 9.09. The van der Waals surface area contributed by atoms with E-state index in [-0.39, 0.29) is 17.7 Å². The van der Waals surface area contributed by atoms with E-state index >= 15 is 0 Å². The second-order valence-corrected chi connectivity index (χ2v) is 9.62. The fraction of sp³-hybridized carbons (Fsp3) is 0.148. The molecule has 3 heterocycles. The van der Waals surface area contributed by atoms with Crippen molar-refractivity contribution in [1.29, 1.82) is 0 Å². The standard InChI is InChI=1S/C27H23N7OS/c1-16-11-13-18(14-12-16)25-31-20-8-4-3-7-19(20)26-32-33-27(34(25)26)36-15-23(35)28-17(2)24-29-21-9-5-6-10-22(21)30-24/h3-14,17H,15H2,1-2H3,(H,28,35)(H,29,30)/t17-/m1/s1. The van der Waals surface area contributed by atoms with Crippen LogP contribution in [-0.2, 0) is 4.79 Å². The summed E-state index contributed by atoms with van der Waals surface area (Å²) < 4.78 is 1.94. The number of fused-ring (bicyclic) bond motifs is 4. The Morgan fingerprint density at radius 3 is 2.53 bits per heavy atom. The van der Waals surface area contributed by atoms with Crippen LogP contribution in [0, 0.1) is 6.92 Å². The maximum atomic E-state index is 12.8. The van der Waals surface area contributed by atoms with Crippen molar-refractivity contribution < 1.29 is 4.79 Å². The minimum absolute atomic E-state index is 0.115. The number of thioether (sulfide) groups is 1. The lowest BCUT2D eigenvalue weighted by Gasteiger charge is -2.12. The van der Waals surface area contributed by atoms with Crippen molar-refractivity contribution >= 4 is 45.3 Å². The minimum Gasteiger partial charge on any atom is -0.346 e. The molecular formula is C27H23N7OS. The number of nitrogens with zero attached hydrogens (tertiary/aromatic N) is 5. The topological polar surface area (TPSA) is 101 Å². The first-order chi connectivity index (χ1) is 17.6. The predicted octanol–water partition coefficient (Wildman–Crippen LogP) is 5.10. The highest BCUT2D eigenvalue weighted by Crippen LogP contribution is 2.29. The maximum Gasteiger partial charge on any atom is 0.231 e. The van der Waals surface area contributed by atoms with Crippen molar-refractivity contribution in [3.05, 3.63) is 84.2 Å². The number of hydrogen-bond donors (Lipinski definition) is 2. The third-order valence-corrected chi connectivity index (χ3v) is 6.98. The Morgan fingerprint density at radius 2 is 1.72 bits per heavy atom. The lowest BCUT2D eigenvalue weighted by atomic mass is 10.1. The highest BCUT2D eigenvalue weighted by atomic mass is 32.2. The van der Waals surface area contributed by atoms with Crippen molar-refractivity contribution in [2.75, 3.05) is 5.75 Å². The highest BCUT2D eigenvalue weighted by Gasteiger charge is 2.19. The van der Waals surface area contributed by atoms with Gasteiger partial charge in [-0.25, -0.2) is 9.97 Å². The van der Waals surface area contributed by atoms with E-state index < -0.39 is 0 Å². The van der Waals surface area contributed by atoms with Crippen LogP contribution in [0.4, 0.5) is 0 Å². The Hall–Kier alpha value is -4.24. The number of imidazole rings is 1. The number of aromatic amines is 1. The Balaban J connectivity index is 1.28. The molecule has 1 amide bonds. The molecule has 3 aromatic heterocycles. The van der Waals surface area contributed by atoms with Crippen LogP contribution in [0.25, 0.3) is 39.0 Å². The van der Waals surface area contributed by atoms with Gasteiger partial charge in [0.25, 0.3) is 0 Å². The molecule has 0 unspecified atom stereocenters. The van der Waals surface area contributed by atoms with Crippen molar-refractivity contribution in [2.45, 2.75) is 25.0 Å². The van der Waals surface area contributed by atoms with E-state index in [4.69, 9.17) is 4.98 Å². The first-order valence-corrected chi connectivity index (χ1v) is 12.6. The summed E-state index contributed by atoms with van der Waals surface area (Å²) in [5.74, 6) is 1.54. The summed E-state index contributed by atoms with van der Waals surface area (Å²) in [5.41, 5.74) is 5.52. The van der Waals surface area contributed by atoms with Gasteiger partial charge in [0.15, 0.2) is 10.8 Å². The molecule has 9 heteroatoms. The van der Waals surface area contributed by atoms with Gasteiger partial charge in [-0.2, -0.15) is 0 Å². The van der Waals surface area contributed by atoms with Gasteiger partial charge in [0.05, 0.1) is 28.3 Å². The number of aryl methyl sites for hydroxylation is 1. The average molecular weight is 494 g/mol. The SMILES string of the molecule is Cc1ccc(-c2nc3ccccc3c3nnc(SCC(=O)N[C@H](C)c4nc5ccccc5[nH]4)n23)cc1. The summed E-state index contributed by atoms with van der Waals surface area (Å²) in [5, 5.41) is 13.4. The number of H-pyrrole nitrogens is 1. The van der Waals surface area contributed by atoms with E-state index in [0.717, 1.165) is 44.8 Å². The highest BCUT2D eigenvalue weighted by molar-refractivity contribution is 7.99. The van der Waals surface area contributed by atoms with E-state index in [2.05, 4.69) is 44.5 Å². The van der Waals surface area contributed by atoms with Gasteiger partial charge in [-0.15, -0.1) is 10.2 Å². The molecule has 178 valence electrons. The molecule has 0 aliphatic heterocycles. The third kappa shape index (κ3) is 4.07. The molecule has 0 spiro atoms. The van der Waals surface area contributed by atoms with Gasteiger partial charge in [-0.1, -0.05) is 65.9 Å². The Kier molecular flexibility index (Phi) is 5.61. The molecule has 6 aromatic rings. The molecule has 2 N–H and O–H groups in total. The zero-order valence-electron chi connectivity index (χ0n) is 19.8. The number of nitrogens with one attached hydrogen (secondary N) is 2. The van der Waals surface area contributed by atoms with Gasteiger partial charge in [-0.05, 0) is 38.1 Å². The number of carbonyl (C=O) groups is 1. The van der Waals surface area contributed by atoms with Crippen LogP contribution in [0.2, 0.25) is 0 Å². The smallest absolute Gasteiger partial charge is 0.231 e. The zero-order valence-corrected chi connectivity index (χ0v) is 20.6. The Bertz CT molecular complexity index is 1690. The number of amides is 1. The molecule has 8 nitrogen and oxygen atoms in total. The van der Waals surface area contributed by atoms with Crippen molar-refractivity contribution in [3.8, 4) is 11.4 Å². The number of rotatable bonds is 6. The van der Waals surface area contributed by atoms with E-state index in [1.165, 1.54) is 17.3 Å². The molecule has 0 saturated heterocycles. The normalized spacial score (nSPS) is 12.4. The quantitative estimate of drug-likeness (QED) is 0.313. The first-order valence-electron chi connectivity index (χ1n) is 11.6. The Labute approximate surface area is 211 Å². The van der Waals surface area contributed by atoms with Crippen LogP contribution in [0.3, 0.4) is 0 Å². The second-order valence-electron chi connectivity index (χ2n) is 8.68. The van der Waals surface area contributed by atoms with Crippen molar-refractivity contribution in [2.24, 2.45) is 0 Å². The molecule has 1 atom stereocenters. The summed E-state index contributed by atoms with van der Waals surface area (Å²) in [6.07, 6.45) is 0. The molecule has 6 rings (SSSR count). The maximum absolute atomic E-state index is 12.8. The Morgan fingerprint density at radius 1 is 0.972 bits per heavy atom. The number of para-hydroxylation sites is 3. The van der Waals surface area contributed by atoms with Gasteiger partial charge in [0.2, 0.25) is 5.91 Å². The van der Waals surface area contributed by atoms with E-state index in [1.807, 2.05) is 72.0 Å². The largest absolute Gasteiger partial charge is 0.346 e. The number of hydrogen-bond acceptors (Lipinski definition) is 6. The van der Waals surface area contributed by atoms with Crippen LogP contribution < -0.4 is 5.32 Å². The molecule has 0 fully saturated rings. The summed E-state index contributed by atoms with van der Waals surface area (Å²) >= 11 is 1.33. The molecule has 36 heavy (non-hydrogen) atoms. The van der Waals surface area contributed by atoms with Gasteiger partial charge in [0, 0.05) is 10.9 Å². The van der Waals surface area contributed by atoms with Crippen LogP contribution >= 0.6 is 11.8 Å². The molecule has 0 aliphatic carbocycles. The van der Waals surface area contributed by atoms with Crippen molar-refractivity contribution in [1.82, 2.24) is 34.9 Å². The number of benzene rings is 3. The van der Waals surface area contributed by atoms with E-state index in [9.17, 15) is 4.79 Å². The lowest BCUT2D eigenvalue weighted by molar-refractivity contribution is -0.119. The fourth-order valence-electron chi connectivity index (χ4n) is 4.21. The zero-order chi connectivity index (χ0) is 24.6. The third-order valence-electron chi connectivity index (χ3n) is 6.05. The summed E-state index contributed by atoms with van der Waals surface area (Å²) in [6.45, 7) is 3.97. The van der Waals surface area contributed by atoms with Gasteiger partial charge in [0.1, 0.15) is 11.6 Å². The van der Waals surface area contributed by atoms with E-state index in [1.54, 1.807) is 0 Å². The summed E-state index contributed by atoms with van der Waals surface area (Å²) in [6, 6.07) is 23.6. The molecule has 0 radical (unpaired) electrons. The molecule has 0 bridgehead atoms. The molecule has 0 aliphatic rings. The van der Waals surface area contributed by atoms with Crippen molar-refractivity contribution in [3.63, 3.8) is 0 Å². The predicted molar refractivity (Wildman–Crippen MR) is 142 cm³/mol. The van der Waals surface area contributed by atoms with Crippen LogP contribution in [0.5, 0.6) is 0 Å². The lowest BCUT2D eigenvalue weighted by Crippen LogP contribution is -2.28. The summed E-state index contributed by atoms with van der Waals surface area (Å²) in [7, 11) is 0. The van der Waals surface area contributed by atoms with Gasteiger partial charge in [-0.3, -0.25) is 9.20 Å². The molecular weight excluding hydrogens is 470 g/mol. The summed E-state index contributed by atoms with van der Waals surface area (Å²) in [4.78, 5) is 25.6. The van der Waals surface area contributed by atoms with E-state index in [0.29, 0.717) is 5.16 Å². The molecule has 3 aromatic carbocycles. The van der Waals surface area contributed by atoms with Crippen LogP contribution in [0.1, 0.15) is 24.4 Å².